The van der Waals surface area contributed by atoms with E-state index in [0.717, 1.165) is 5.56 Å². The third-order valence-corrected chi connectivity index (χ3v) is 5.38. The lowest BCUT2D eigenvalue weighted by Gasteiger charge is -2.29. The van der Waals surface area contributed by atoms with Crippen molar-refractivity contribution < 1.29 is 28.9 Å². The summed E-state index contributed by atoms with van der Waals surface area (Å²) in [5.41, 5.74) is 2.04. The number of carbonyl (C=O) groups excluding carboxylic acids is 2. The number of amides is 1. The first kappa shape index (κ1) is 22.2. The topological polar surface area (TPSA) is 85.3 Å². The number of ether oxygens (including phenoxy) is 3. The molecule has 2 aromatic carbocycles. The maximum absolute atomic E-state index is 13.2. The van der Waals surface area contributed by atoms with Crippen LogP contribution in [-0.4, -0.2) is 38.1 Å². The fraction of sp³-hybridized carbons (Fsp3) is 0.333. The van der Waals surface area contributed by atoms with Gasteiger partial charge < -0.3 is 19.3 Å². The predicted octanol–water partition coefficient (Wildman–Crippen LogP) is 4.15. The van der Waals surface area contributed by atoms with Crippen LogP contribution in [0.2, 0.25) is 0 Å². The lowest BCUT2D eigenvalue weighted by atomic mass is 9.90. The number of ketones is 1. The molecule has 0 aliphatic carbocycles. The zero-order valence-corrected chi connectivity index (χ0v) is 18.6. The van der Waals surface area contributed by atoms with Gasteiger partial charge in [0.2, 0.25) is 5.75 Å². The van der Waals surface area contributed by atoms with Gasteiger partial charge in [-0.1, -0.05) is 32.0 Å². The number of methoxy groups -OCH3 is 3. The smallest absolute Gasteiger partial charge is 0.294 e. The Morgan fingerprint density at radius 2 is 1.61 bits per heavy atom. The van der Waals surface area contributed by atoms with Crippen LogP contribution >= 0.6 is 0 Å². The third kappa shape index (κ3) is 3.71. The molecule has 0 radical (unpaired) electrons. The summed E-state index contributed by atoms with van der Waals surface area (Å²) in [7, 11) is 4.49. The van der Waals surface area contributed by atoms with Crippen molar-refractivity contribution in [3.63, 3.8) is 0 Å². The number of carbonyl (C=O) groups is 2. The molecule has 7 nitrogen and oxygen atoms in total. The summed E-state index contributed by atoms with van der Waals surface area (Å²) in [6.07, 6.45) is 0. The van der Waals surface area contributed by atoms with Crippen molar-refractivity contribution in [1.82, 2.24) is 0 Å². The predicted molar refractivity (Wildman–Crippen MR) is 117 cm³/mol. The van der Waals surface area contributed by atoms with Gasteiger partial charge in [-0.15, -0.1) is 0 Å². The Morgan fingerprint density at radius 1 is 1.03 bits per heavy atom. The second-order valence-corrected chi connectivity index (χ2v) is 7.60. The van der Waals surface area contributed by atoms with E-state index in [0.29, 0.717) is 28.5 Å². The molecule has 0 aromatic heterocycles. The summed E-state index contributed by atoms with van der Waals surface area (Å²) in [5.74, 6) is -0.719. The molecule has 3 rings (SSSR count). The van der Waals surface area contributed by atoms with Crippen molar-refractivity contribution in [2.75, 3.05) is 26.2 Å². The number of nitrogens with zero attached hydrogens (tertiary/aromatic N) is 1. The van der Waals surface area contributed by atoms with Crippen molar-refractivity contribution >= 4 is 17.4 Å². The molecule has 7 heteroatoms. The van der Waals surface area contributed by atoms with Crippen LogP contribution in [-0.2, 0) is 9.59 Å². The molecule has 0 bridgehead atoms. The van der Waals surface area contributed by atoms with Gasteiger partial charge in [-0.05, 0) is 36.2 Å². The standard InChI is InChI=1S/C24H27NO6/c1-13(2)21(26)19-20(15-11-17(29-4)23(31-6)18(12-15)30-5)25(24(28)22(19)27)16-10-8-7-9-14(16)3/h7-13,20,27H,1-6H3. The van der Waals surface area contributed by atoms with Gasteiger partial charge in [-0.2, -0.15) is 0 Å². The van der Waals surface area contributed by atoms with E-state index in [1.165, 1.54) is 26.2 Å². The molecule has 0 saturated carbocycles. The molecule has 1 heterocycles. The fourth-order valence-corrected chi connectivity index (χ4v) is 3.82. The lowest BCUT2D eigenvalue weighted by molar-refractivity contribution is -0.119. The van der Waals surface area contributed by atoms with Gasteiger partial charge in [0.05, 0.1) is 32.9 Å². The molecule has 1 aliphatic heterocycles. The SMILES string of the molecule is COc1cc(C2C(C(=O)C(C)C)=C(O)C(=O)N2c2ccccc2C)cc(OC)c1OC. The van der Waals surface area contributed by atoms with Crippen LogP contribution in [0.1, 0.15) is 31.0 Å². The third-order valence-electron chi connectivity index (χ3n) is 5.38. The number of aliphatic hydroxyl groups is 1. The lowest BCUT2D eigenvalue weighted by Crippen LogP contribution is -2.32. The highest BCUT2D eigenvalue weighted by Crippen LogP contribution is 2.47. The number of benzene rings is 2. The van der Waals surface area contributed by atoms with Crippen LogP contribution in [0.4, 0.5) is 5.69 Å². The van der Waals surface area contributed by atoms with E-state index in [1.807, 2.05) is 19.1 Å². The summed E-state index contributed by atoms with van der Waals surface area (Å²) >= 11 is 0. The molecule has 1 amide bonds. The van der Waals surface area contributed by atoms with Crippen LogP contribution in [0.25, 0.3) is 0 Å². The second-order valence-electron chi connectivity index (χ2n) is 7.60. The molecular weight excluding hydrogens is 398 g/mol. The molecule has 164 valence electrons. The molecule has 1 unspecified atom stereocenters. The summed E-state index contributed by atoms with van der Waals surface area (Å²) in [5, 5.41) is 10.8. The van der Waals surface area contributed by atoms with Gasteiger partial charge >= 0.3 is 0 Å². The largest absolute Gasteiger partial charge is 0.503 e. The number of hydrogen-bond donors (Lipinski definition) is 1. The quantitative estimate of drug-likeness (QED) is 0.717. The average Bonchev–Trinajstić information content (AvgIpc) is 3.02. The number of aliphatic hydroxyl groups excluding tert-OH is 1. The normalized spacial score (nSPS) is 16.2. The highest BCUT2D eigenvalue weighted by Gasteiger charge is 2.45. The van der Waals surface area contributed by atoms with Gasteiger partial charge in [0, 0.05) is 11.6 Å². The van der Waals surface area contributed by atoms with Crippen LogP contribution < -0.4 is 19.1 Å². The van der Waals surface area contributed by atoms with Crippen LogP contribution in [0.3, 0.4) is 0 Å². The molecule has 0 fully saturated rings. The monoisotopic (exact) mass is 425 g/mol. The average molecular weight is 425 g/mol. The molecule has 31 heavy (non-hydrogen) atoms. The molecular formula is C24H27NO6. The zero-order chi connectivity index (χ0) is 22.9. The Hall–Kier alpha value is -3.48. The van der Waals surface area contributed by atoms with E-state index in [9.17, 15) is 14.7 Å². The first-order valence-corrected chi connectivity index (χ1v) is 9.93. The number of para-hydroxylation sites is 1. The minimum Gasteiger partial charge on any atom is -0.503 e. The van der Waals surface area contributed by atoms with E-state index in [-0.39, 0.29) is 11.4 Å². The van der Waals surface area contributed by atoms with Crippen molar-refractivity contribution in [2.45, 2.75) is 26.8 Å². The van der Waals surface area contributed by atoms with Crippen molar-refractivity contribution in [2.24, 2.45) is 5.92 Å². The van der Waals surface area contributed by atoms with Gasteiger partial charge in [0.15, 0.2) is 23.0 Å². The zero-order valence-electron chi connectivity index (χ0n) is 18.6. The van der Waals surface area contributed by atoms with Crippen molar-refractivity contribution in [3.8, 4) is 17.2 Å². The van der Waals surface area contributed by atoms with E-state index in [4.69, 9.17) is 14.2 Å². The highest BCUT2D eigenvalue weighted by atomic mass is 16.5. The van der Waals surface area contributed by atoms with Gasteiger partial charge in [0.25, 0.3) is 5.91 Å². The van der Waals surface area contributed by atoms with E-state index in [1.54, 1.807) is 38.1 Å². The Bertz CT molecular complexity index is 1030. The Morgan fingerprint density at radius 3 is 2.10 bits per heavy atom. The van der Waals surface area contributed by atoms with E-state index >= 15 is 0 Å². The number of anilines is 1. The molecule has 1 N–H and O–H groups in total. The van der Waals surface area contributed by atoms with Gasteiger partial charge in [-0.25, -0.2) is 0 Å². The summed E-state index contributed by atoms with van der Waals surface area (Å²) in [6.45, 7) is 5.33. The Balaban J connectivity index is 2.31. The first-order chi connectivity index (χ1) is 14.8. The van der Waals surface area contributed by atoms with Crippen molar-refractivity contribution in [3.05, 3.63) is 58.9 Å². The maximum Gasteiger partial charge on any atom is 0.294 e. The van der Waals surface area contributed by atoms with E-state index in [2.05, 4.69) is 0 Å². The fourth-order valence-electron chi connectivity index (χ4n) is 3.82. The number of rotatable bonds is 7. The number of aryl methyl sites for hydroxylation is 1. The molecule has 0 saturated heterocycles. The number of Topliss-reactive ketones (excluding diaryl/α,β-unsaturated/α-hetero) is 1. The van der Waals surface area contributed by atoms with Crippen LogP contribution in [0, 0.1) is 12.8 Å². The maximum atomic E-state index is 13.2. The molecule has 1 aliphatic rings. The first-order valence-electron chi connectivity index (χ1n) is 9.93. The second kappa shape index (κ2) is 8.71. The molecule has 1 atom stereocenters. The van der Waals surface area contributed by atoms with E-state index < -0.39 is 23.6 Å². The summed E-state index contributed by atoms with van der Waals surface area (Å²) in [4.78, 5) is 27.7. The van der Waals surface area contributed by atoms with Gasteiger partial charge in [-0.3, -0.25) is 14.5 Å². The minimum atomic E-state index is -0.850. The van der Waals surface area contributed by atoms with Crippen molar-refractivity contribution in [1.29, 1.82) is 0 Å². The molecule has 0 spiro atoms. The molecule has 2 aromatic rings. The summed E-state index contributed by atoms with van der Waals surface area (Å²) in [6, 6.07) is 9.86. The Kier molecular flexibility index (Phi) is 6.24. The minimum absolute atomic E-state index is 0.0533. The van der Waals surface area contributed by atoms with Gasteiger partial charge in [0.1, 0.15) is 0 Å². The highest BCUT2D eigenvalue weighted by molar-refractivity contribution is 6.17. The number of hydrogen-bond acceptors (Lipinski definition) is 6. The Labute approximate surface area is 181 Å². The van der Waals surface area contributed by atoms with Crippen LogP contribution in [0.5, 0.6) is 17.2 Å². The van der Waals surface area contributed by atoms with Crippen LogP contribution in [0.15, 0.2) is 47.7 Å². The summed E-state index contributed by atoms with van der Waals surface area (Å²) < 4.78 is 16.3.